The molecule has 0 spiro atoms. The summed E-state index contributed by atoms with van der Waals surface area (Å²) in [5, 5.41) is 8.00. The molecule has 0 amide bonds. The molecule has 0 aliphatic heterocycles. The zero-order valence-corrected chi connectivity index (χ0v) is 16.1. The fraction of sp³-hybridized carbons (Fsp3) is 0.500. The summed E-state index contributed by atoms with van der Waals surface area (Å²) in [4.78, 5) is 0. The van der Waals surface area contributed by atoms with Crippen molar-refractivity contribution in [2.75, 3.05) is 20.8 Å². The van der Waals surface area contributed by atoms with E-state index in [-0.39, 0.29) is 12.1 Å². The van der Waals surface area contributed by atoms with E-state index in [0.29, 0.717) is 28.2 Å². The van der Waals surface area contributed by atoms with E-state index in [1.165, 1.54) is 0 Å². The summed E-state index contributed by atoms with van der Waals surface area (Å²) in [5.74, 6) is 1.07. The van der Waals surface area contributed by atoms with Crippen molar-refractivity contribution in [1.82, 2.24) is 10.7 Å². The number of rotatable bonds is 8. The van der Waals surface area contributed by atoms with E-state index in [0.717, 1.165) is 5.56 Å². The van der Waals surface area contributed by atoms with Gasteiger partial charge in [0.1, 0.15) is 0 Å². The molecule has 134 valence electrons. The summed E-state index contributed by atoms with van der Waals surface area (Å²) in [7, 11) is 3.20. The molecule has 0 saturated heterocycles. The number of benzene rings is 1. The van der Waals surface area contributed by atoms with Crippen LogP contribution >= 0.6 is 23.8 Å². The maximum absolute atomic E-state index is 6.26. The van der Waals surface area contributed by atoms with Crippen molar-refractivity contribution >= 4 is 35.1 Å². The second-order valence-corrected chi connectivity index (χ2v) is 6.22. The highest BCUT2D eigenvalue weighted by Crippen LogP contribution is 2.36. The first-order chi connectivity index (χ1) is 11.4. The lowest BCUT2D eigenvalue weighted by atomic mass is 10.2. The largest absolute Gasteiger partial charge is 0.493 e. The van der Waals surface area contributed by atoms with Crippen LogP contribution in [0.15, 0.2) is 17.2 Å². The molecule has 0 unspecified atom stereocenters. The molecule has 0 aliphatic carbocycles. The van der Waals surface area contributed by atoms with Crippen LogP contribution in [-0.4, -0.2) is 44.3 Å². The summed E-state index contributed by atoms with van der Waals surface area (Å²) in [6.07, 6.45) is 1.60. The Kier molecular flexibility index (Phi) is 8.81. The highest BCUT2D eigenvalue weighted by Gasteiger charge is 2.12. The number of hydrogen-bond acceptors (Lipinski definition) is 5. The zero-order valence-electron chi connectivity index (χ0n) is 14.6. The SMILES string of the molecule is COC[C@H](C)NC(=S)N/N=C\c1cc(Cl)c(OC(C)C)c(OC)c1. The van der Waals surface area contributed by atoms with Gasteiger partial charge in [0, 0.05) is 13.2 Å². The van der Waals surface area contributed by atoms with Crippen molar-refractivity contribution in [3.63, 3.8) is 0 Å². The molecule has 0 bridgehead atoms. The Labute approximate surface area is 153 Å². The smallest absolute Gasteiger partial charge is 0.187 e. The van der Waals surface area contributed by atoms with Crippen molar-refractivity contribution < 1.29 is 14.2 Å². The van der Waals surface area contributed by atoms with Gasteiger partial charge in [-0.05, 0) is 50.7 Å². The lowest BCUT2D eigenvalue weighted by molar-refractivity contribution is 0.179. The minimum absolute atomic E-state index is 0.00452. The molecule has 1 rings (SSSR count). The van der Waals surface area contributed by atoms with E-state index in [2.05, 4.69) is 15.8 Å². The number of hydrazone groups is 1. The molecule has 1 aromatic carbocycles. The quantitative estimate of drug-likeness (QED) is 0.415. The molecule has 6 nitrogen and oxygen atoms in total. The van der Waals surface area contributed by atoms with Gasteiger partial charge in [-0.2, -0.15) is 5.10 Å². The fourth-order valence-corrected chi connectivity index (χ4v) is 2.40. The van der Waals surface area contributed by atoms with Crippen LogP contribution in [0, 0.1) is 0 Å². The minimum atomic E-state index is -0.00452. The monoisotopic (exact) mass is 373 g/mol. The molecule has 1 aromatic rings. The van der Waals surface area contributed by atoms with E-state index in [1.807, 2.05) is 20.8 Å². The number of nitrogens with zero attached hydrogens (tertiary/aromatic N) is 1. The number of ether oxygens (including phenoxy) is 3. The average Bonchev–Trinajstić information content (AvgIpc) is 2.49. The maximum atomic E-state index is 6.26. The summed E-state index contributed by atoms with van der Waals surface area (Å²) < 4.78 is 16.0. The summed E-state index contributed by atoms with van der Waals surface area (Å²) >= 11 is 11.4. The van der Waals surface area contributed by atoms with Crippen LogP contribution in [0.3, 0.4) is 0 Å². The van der Waals surface area contributed by atoms with E-state index >= 15 is 0 Å². The Bertz CT molecular complexity index is 582. The molecule has 8 heteroatoms. The lowest BCUT2D eigenvalue weighted by Gasteiger charge is -2.15. The molecule has 1 atom stereocenters. The predicted octanol–water partition coefficient (Wildman–Crippen LogP) is 2.97. The normalized spacial score (nSPS) is 12.3. The first-order valence-electron chi connectivity index (χ1n) is 7.50. The third-order valence-corrected chi connectivity index (χ3v) is 3.27. The van der Waals surface area contributed by atoms with Gasteiger partial charge in [0.2, 0.25) is 0 Å². The Morgan fingerprint density at radius 1 is 1.33 bits per heavy atom. The van der Waals surface area contributed by atoms with Gasteiger partial charge in [-0.15, -0.1) is 0 Å². The maximum Gasteiger partial charge on any atom is 0.187 e. The van der Waals surface area contributed by atoms with Crippen molar-refractivity contribution in [3.05, 3.63) is 22.7 Å². The third kappa shape index (κ3) is 6.90. The number of methoxy groups -OCH3 is 2. The van der Waals surface area contributed by atoms with Crippen LogP contribution in [0.2, 0.25) is 5.02 Å². The first-order valence-corrected chi connectivity index (χ1v) is 8.28. The Hall–Kier alpha value is -1.57. The lowest BCUT2D eigenvalue weighted by Crippen LogP contribution is -2.40. The zero-order chi connectivity index (χ0) is 18.1. The van der Waals surface area contributed by atoms with Crippen LogP contribution in [-0.2, 0) is 4.74 Å². The second kappa shape index (κ2) is 10.3. The molecular formula is C16H24ClN3O3S. The molecule has 0 aliphatic rings. The third-order valence-electron chi connectivity index (χ3n) is 2.78. The molecule has 0 aromatic heterocycles. The molecule has 0 fully saturated rings. The number of nitrogens with one attached hydrogen (secondary N) is 2. The number of thiocarbonyl (C=S) groups is 1. The summed E-state index contributed by atoms with van der Waals surface area (Å²) in [5.41, 5.74) is 3.50. The van der Waals surface area contributed by atoms with Gasteiger partial charge in [0.05, 0.1) is 31.1 Å². The second-order valence-electron chi connectivity index (χ2n) is 5.40. The molecule has 2 N–H and O–H groups in total. The van der Waals surface area contributed by atoms with Crippen molar-refractivity contribution in [2.24, 2.45) is 5.10 Å². The van der Waals surface area contributed by atoms with Crippen molar-refractivity contribution in [3.8, 4) is 11.5 Å². The number of halogens is 1. The summed E-state index contributed by atoms with van der Waals surface area (Å²) in [6.45, 7) is 6.36. The fourth-order valence-electron chi connectivity index (χ4n) is 1.88. The van der Waals surface area contributed by atoms with Gasteiger partial charge in [0.25, 0.3) is 0 Å². The topological polar surface area (TPSA) is 64.1 Å². The van der Waals surface area contributed by atoms with Crippen LogP contribution in [0.4, 0.5) is 0 Å². The predicted molar refractivity (Wildman–Crippen MR) is 102 cm³/mol. The highest BCUT2D eigenvalue weighted by atomic mass is 35.5. The van der Waals surface area contributed by atoms with Crippen LogP contribution in [0.1, 0.15) is 26.3 Å². The average molecular weight is 374 g/mol. The van der Waals surface area contributed by atoms with Crippen molar-refractivity contribution in [1.29, 1.82) is 0 Å². The Morgan fingerprint density at radius 3 is 2.62 bits per heavy atom. The molecular weight excluding hydrogens is 350 g/mol. The van der Waals surface area contributed by atoms with Crippen LogP contribution < -0.4 is 20.2 Å². The molecule has 0 heterocycles. The molecule has 0 radical (unpaired) electrons. The van der Waals surface area contributed by atoms with Gasteiger partial charge >= 0.3 is 0 Å². The molecule has 24 heavy (non-hydrogen) atoms. The van der Waals surface area contributed by atoms with Crippen LogP contribution in [0.25, 0.3) is 0 Å². The standard InChI is InChI=1S/C16H24ClN3O3S/c1-10(2)23-15-13(17)6-12(7-14(15)22-5)8-18-20-16(24)19-11(3)9-21-4/h6-8,10-11H,9H2,1-5H3,(H2,19,20,24)/b18-8-/t11-/m0/s1. The Balaban J connectivity index is 2.74. The minimum Gasteiger partial charge on any atom is -0.493 e. The van der Waals surface area contributed by atoms with Gasteiger partial charge in [-0.1, -0.05) is 11.6 Å². The van der Waals surface area contributed by atoms with Crippen molar-refractivity contribution in [2.45, 2.75) is 32.9 Å². The number of hydrogen-bond donors (Lipinski definition) is 2. The van der Waals surface area contributed by atoms with E-state index < -0.39 is 0 Å². The van der Waals surface area contributed by atoms with E-state index in [9.17, 15) is 0 Å². The summed E-state index contributed by atoms with van der Waals surface area (Å²) in [6, 6.07) is 3.63. The van der Waals surface area contributed by atoms with Gasteiger partial charge < -0.3 is 19.5 Å². The van der Waals surface area contributed by atoms with Gasteiger partial charge in [-0.3, -0.25) is 5.43 Å². The Morgan fingerprint density at radius 2 is 2.04 bits per heavy atom. The van der Waals surface area contributed by atoms with Crippen LogP contribution in [0.5, 0.6) is 11.5 Å². The highest BCUT2D eigenvalue weighted by molar-refractivity contribution is 7.80. The van der Waals surface area contributed by atoms with Gasteiger partial charge in [-0.25, -0.2) is 0 Å². The van der Waals surface area contributed by atoms with E-state index in [1.54, 1.807) is 32.6 Å². The van der Waals surface area contributed by atoms with E-state index in [4.69, 9.17) is 38.0 Å². The first kappa shape index (κ1) is 20.5. The van der Waals surface area contributed by atoms with Gasteiger partial charge in [0.15, 0.2) is 16.6 Å². The molecule has 0 saturated carbocycles.